The van der Waals surface area contributed by atoms with Crippen LogP contribution in [0.2, 0.25) is 0 Å². The Morgan fingerprint density at radius 2 is 1.89 bits per heavy atom. The summed E-state index contributed by atoms with van der Waals surface area (Å²) in [5.41, 5.74) is 1.20. The first kappa shape index (κ1) is 31.1. The number of ketones is 1. The van der Waals surface area contributed by atoms with Gasteiger partial charge in [0.05, 0.1) is 41.7 Å². The summed E-state index contributed by atoms with van der Waals surface area (Å²) < 4.78 is 23.6. The molecule has 0 bridgehead atoms. The third-order valence-corrected chi connectivity index (χ3v) is 13.2. The molecule has 7 rings (SSSR count). The van der Waals surface area contributed by atoms with E-state index in [1.54, 1.807) is 19.4 Å². The third kappa shape index (κ3) is 4.37. The van der Waals surface area contributed by atoms with Crippen LogP contribution in [0, 0.1) is 40.4 Å². The molecule has 8 nitrogen and oxygen atoms in total. The van der Waals surface area contributed by atoms with Crippen molar-refractivity contribution in [2.75, 3.05) is 13.7 Å². The number of aromatic nitrogens is 1. The fourth-order valence-electron chi connectivity index (χ4n) is 11.0. The van der Waals surface area contributed by atoms with Gasteiger partial charge in [-0.1, -0.05) is 19.4 Å². The normalized spacial score (nSPS) is 42.7. The second-order valence-electron chi connectivity index (χ2n) is 15.5. The van der Waals surface area contributed by atoms with Crippen LogP contribution in [0.4, 0.5) is 0 Å². The molecule has 244 valence electrons. The van der Waals surface area contributed by atoms with Crippen LogP contribution in [-0.2, 0) is 23.8 Å². The van der Waals surface area contributed by atoms with Crippen molar-refractivity contribution in [3.8, 4) is 5.75 Å². The summed E-state index contributed by atoms with van der Waals surface area (Å²) in [6.45, 7) is 13.1. The quantitative estimate of drug-likeness (QED) is 0.305. The largest absolute Gasteiger partial charge is 0.489 e. The first-order valence-electron chi connectivity index (χ1n) is 17.0. The zero-order chi connectivity index (χ0) is 32.1. The number of epoxide rings is 1. The molecule has 1 saturated heterocycles. The van der Waals surface area contributed by atoms with Crippen LogP contribution in [0.1, 0.15) is 85.8 Å². The van der Waals surface area contributed by atoms with Crippen LogP contribution in [0.15, 0.2) is 35.6 Å². The van der Waals surface area contributed by atoms with E-state index < -0.39 is 17.1 Å². The Morgan fingerprint density at radius 1 is 1.11 bits per heavy atom. The molecule has 3 heterocycles. The van der Waals surface area contributed by atoms with Gasteiger partial charge in [-0.15, -0.1) is 0 Å². The number of rotatable bonds is 7. The number of allylic oxidation sites excluding steroid dienone is 1. The van der Waals surface area contributed by atoms with E-state index in [1.807, 2.05) is 32.9 Å². The van der Waals surface area contributed by atoms with E-state index in [0.29, 0.717) is 47.0 Å². The number of Topliss-reactive ketones (excluding diaryl/α,β-unsaturated/α-hetero) is 1. The molecule has 3 saturated carbocycles. The first-order chi connectivity index (χ1) is 21.4. The minimum atomic E-state index is -0.862. The zero-order valence-corrected chi connectivity index (χ0v) is 27.8. The average Bonchev–Trinajstić information content (AvgIpc) is 3.63. The Balaban J connectivity index is 1.15. The maximum atomic E-state index is 14.7. The fourth-order valence-corrected chi connectivity index (χ4v) is 11.0. The first-order valence-corrected chi connectivity index (χ1v) is 17.0. The predicted octanol–water partition coefficient (Wildman–Crippen LogP) is 5.72. The molecule has 1 spiro atoms. The maximum Gasteiger partial charge on any atom is 0.336 e. The molecular formula is C37H49NO7. The van der Waals surface area contributed by atoms with E-state index in [1.165, 1.54) is 0 Å². The zero-order valence-electron chi connectivity index (χ0n) is 27.8. The summed E-state index contributed by atoms with van der Waals surface area (Å²) in [5.74, 6) is 2.03. The van der Waals surface area contributed by atoms with Gasteiger partial charge in [0.25, 0.3) is 0 Å². The fraction of sp³-hybridized carbons (Fsp3) is 0.703. The topological polar surface area (TPSA) is 107 Å². The van der Waals surface area contributed by atoms with Gasteiger partial charge in [-0.2, -0.15) is 0 Å². The van der Waals surface area contributed by atoms with Gasteiger partial charge < -0.3 is 24.1 Å². The number of carbonyl (C=O) groups excluding carboxylic acids is 2. The number of nitrogens with zero attached hydrogens (tertiary/aromatic N) is 1. The summed E-state index contributed by atoms with van der Waals surface area (Å²) in [6.07, 6.45) is 8.02. The Morgan fingerprint density at radius 3 is 2.56 bits per heavy atom. The number of carbonyl (C=O) groups is 2. The Labute approximate surface area is 266 Å². The van der Waals surface area contributed by atoms with Crippen LogP contribution in [-0.4, -0.2) is 65.6 Å². The number of esters is 1. The SMILES string of the molecule is COCC1=C(C)CC([C@@H](C)[C@H]2CC[C@H]3[C@@H]4C[C@H]5O[C@]56[C@@H](O)C=C(c5ccc(OC(C)C)cn5)C(=O)[C@]6(C)[C@H]4CC[C@]23C)OC1=O. The van der Waals surface area contributed by atoms with Crippen molar-refractivity contribution in [2.24, 2.45) is 40.4 Å². The number of pyridine rings is 1. The van der Waals surface area contributed by atoms with E-state index in [-0.39, 0.29) is 47.3 Å². The number of ether oxygens (including phenoxy) is 4. The third-order valence-electron chi connectivity index (χ3n) is 13.2. The van der Waals surface area contributed by atoms with Crippen molar-refractivity contribution >= 4 is 17.3 Å². The Kier molecular flexibility index (Phi) is 7.42. The van der Waals surface area contributed by atoms with Gasteiger partial charge >= 0.3 is 5.97 Å². The second kappa shape index (κ2) is 10.7. The highest BCUT2D eigenvalue weighted by atomic mass is 16.6. The van der Waals surface area contributed by atoms with Crippen molar-refractivity contribution in [1.82, 2.24) is 4.98 Å². The van der Waals surface area contributed by atoms with E-state index in [9.17, 15) is 14.7 Å². The van der Waals surface area contributed by atoms with Crippen LogP contribution >= 0.6 is 0 Å². The Bertz CT molecular complexity index is 1450. The molecular weight excluding hydrogens is 570 g/mol. The summed E-state index contributed by atoms with van der Waals surface area (Å²) in [5, 5.41) is 11.6. The summed E-state index contributed by atoms with van der Waals surface area (Å²) >= 11 is 0. The van der Waals surface area contributed by atoms with Crippen molar-refractivity contribution in [3.63, 3.8) is 0 Å². The number of cyclic esters (lactones) is 1. The average molecular weight is 620 g/mol. The van der Waals surface area contributed by atoms with Crippen molar-refractivity contribution in [1.29, 1.82) is 0 Å². The van der Waals surface area contributed by atoms with Crippen molar-refractivity contribution in [3.05, 3.63) is 41.2 Å². The van der Waals surface area contributed by atoms with Gasteiger partial charge in [-0.25, -0.2) is 4.79 Å². The summed E-state index contributed by atoms with van der Waals surface area (Å²) in [7, 11) is 1.61. The summed E-state index contributed by atoms with van der Waals surface area (Å²) in [6, 6.07) is 3.68. The number of aliphatic hydroxyl groups is 1. The van der Waals surface area contributed by atoms with Gasteiger partial charge in [-0.05, 0) is 113 Å². The lowest BCUT2D eigenvalue weighted by Crippen LogP contribution is -2.64. The van der Waals surface area contributed by atoms with E-state index in [4.69, 9.17) is 18.9 Å². The molecule has 45 heavy (non-hydrogen) atoms. The van der Waals surface area contributed by atoms with Gasteiger partial charge in [0.15, 0.2) is 5.78 Å². The molecule has 0 radical (unpaired) electrons. The molecule has 2 aliphatic heterocycles. The lowest BCUT2D eigenvalue weighted by atomic mass is 9.43. The molecule has 1 unspecified atom stereocenters. The number of hydrogen-bond acceptors (Lipinski definition) is 8. The predicted molar refractivity (Wildman–Crippen MR) is 168 cm³/mol. The van der Waals surface area contributed by atoms with Crippen LogP contribution < -0.4 is 4.74 Å². The smallest absolute Gasteiger partial charge is 0.336 e. The number of methoxy groups -OCH3 is 1. The van der Waals surface area contributed by atoms with E-state index in [2.05, 4.69) is 25.8 Å². The minimum absolute atomic E-state index is 0.0273. The van der Waals surface area contributed by atoms with E-state index >= 15 is 0 Å². The maximum absolute atomic E-state index is 14.7. The number of aliphatic hydroxyl groups excluding tert-OH is 1. The molecule has 0 aromatic carbocycles. The molecule has 0 amide bonds. The standard InChI is InChI=1S/C37H49NO7/c1-19(2)43-22-8-11-29(38-17-22)24-15-31(39)37-32(45-37)16-23-27-10-9-26(35(27,5)13-12-28(23)36(37,6)33(24)40)21(4)30-14-20(3)25(18-42-7)34(41)44-30/h8,11,15,17,19,21,23,26-28,30-32,39H,9-10,12-14,16,18H2,1-7H3/t21-,23-,26+,27-,28-,30?,31-,32+,35+,36-,37+/m0/s1. The van der Waals surface area contributed by atoms with Gasteiger partial charge in [-0.3, -0.25) is 9.78 Å². The van der Waals surface area contributed by atoms with E-state index in [0.717, 1.165) is 44.1 Å². The van der Waals surface area contributed by atoms with Gasteiger partial charge in [0.2, 0.25) is 0 Å². The summed E-state index contributed by atoms with van der Waals surface area (Å²) in [4.78, 5) is 32.2. The molecule has 4 aliphatic carbocycles. The molecule has 8 heteroatoms. The highest BCUT2D eigenvalue weighted by molar-refractivity contribution is 6.24. The van der Waals surface area contributed by atoms with Crippen LogP contribution in [0.25, 0.3) is 5.57 Å². The molecule has 1 aromatic rings. The molecule has 6 aliphatic rings. The monoisotopic (exact) mass is 619 g/mol. The second-order valence-corrected chi connectivity index (χ2v) is 15.5. The highest BCUT2D eigenvalue weighted by Gasteiger charge is 2.81. The minimum Gasteiger partial charge on any atom is -0.489 e. The van der Waals surface area contributed by atoms with Crippen LogP contribution in [0.3, 0.4) is 0 Å². The lowest BCUT2D eigenvalue weighted by molar-refractivity contribution is -0.155. The molecule has 1 aromatic heterocycles. The van der Waals surface area contributed by atoms with Gasteiger partial charge in [0, 0.05) is 19.1 Å². The Hall–Kier alpha value is -2.55. The lowest BCUT2D eigenvalue weighted by Gasteiger charge is -2.58. The number of fused-ring (bicyclic) bond motifs is 4. The van der Waals surface area contributed by atoms with Crippen molar-refractivity contribution < 1.29 is 33.6 Å². The van der Waals surface area contributed by atoms with Gasteiger partial charge in [0.1, 0.15) is 23.6 Å². The molecule has 11 atom stereocenters. The number of hydrogen-bond donors (Lipinski definition) is 1. The molecule has 4 fully saturated rings. The van der Waals surface area contributed by atoms with Crippen LogP contribution in [0.5, 0.6) is 5.75 Å². The van der Waals surface area contributed by atoms with Crippen molar-refractivity contribution in [2.45, 2.75) is 110 Å². The molecule has 1 N–H and O–H groups in total. The highest BCUT2D eigenvalue weighted by Crippen LogP contribution is 2.73.